The number of amides is 4. The van der Waals surface area contributed by atoms with E-state index in [0.717, 1.165) is 148 Å². The molecule has 0 spiro atoms. The molecular weight excluding hydrogens is 1670 g/mol. The van der Waals surface area contributed by atoms with Crippen LogP contribution in [0.2, 0.25) is 0 Å². The first-order chi connectivity index (χ1) is 62.4. The van der Waals surface area contributed by atoms with Gasteiger partial charge in [0.1, 0.15) is 73.4 Å². The highest BCUT2D eigenvalue weighted by Crippen LogP contribution is 2.44. The highest BCUT2D eigenvalue weighted by atomic mass is 32.1. The molecule has 4 saturated carbocycles. The molecule has 4 fully saturated rings. The van der Waals surface area contributed by atoms with Crippen LogP contribution in [0.4, 0.5) is 57.9 Å². The first-order valence-electron chi connectivity index (χ1n) is 42.0. The van der Waals surface area contributed by atoms with Gasteiger partial charge in [-0.15, -0.1) is 11.3 Å². The van der Waals surface area contributed by atoms with Crippen molar-refractivity contribution >= 4 is 63.4 Å². The maximum atomic E-state index is 13.9. The van der Waals surface area contributed by atoms with Crippen LogP contribution in [0.3, 0.4) is 0 Å². The van der Waals surface area contributed by atoms with Crippen molar-refractivity contribution in [2.45, 2.75) is 133 Å². The van der Waals surface area contributed by atoms with Gasteiger partial charge in [0.25, 0.3) is 23.6 Å². The third-order valence-electron chi connectivity index (χ3n) is 23.1. The summed E-state index contributed by atoms with van der Waals surface area (Å²) >= 11 is 1.23. The lowest BCUT2D eigenvalue weighted by atomic mass is 10.0. The average molecular weight is 1750 g/mol. The van der Waals surface area contributed by atoms with Crippen molar-refractivity contribution in [2.24, 2.45) is 4.99 Å². The summed E-state index contributed by atoms with van der Waals surface area (Å²) in [6.07, 6.45) is 31.8. The molecule has 648 valence electrons. The van der Waals surface area contributed by atoms with E-state index < -0.39 is 46.9 Å². The lowest BCUT2D eigenvalue weighted by Crippen LogP contribution is -2.18. The molecular formula is C95H82F8N20O4S. The minimum atomic E-state index is -0.607. The number of para-hydroxylation sites is 3. The number of hydrogen-bond donors (Lipinski definition) is 6. The Kier molecular flexibility index (Phi) is 25.9. The number of pyridine rings is 1. The third-order valence-corrected chi connectivity index (χ3v) is 24.1. The number of halogens is 8. The number of benzene rings is 7. The van der Waals surface area contributed by atoms with Gasteiger partial charge in [0.05, 0.1) is 101 Å². The first-order valence-corrected chi connectivity index (χ1v) is 42.8. The van der Waals surface area contributed by atoms with Gasteiger partial charge >= 0.3 is 0 Å². The molecule has 128 heavy (non-hydrogen) atoms. The van der Waals surface area contributed by atoms with Crippen LogP contribution >= 0.6 is 11.3 Å². The van der Waals surface area contributed by atoms with Crippen LogP contribution in [0.15, 0.2) is 243 Å². The summed E-state index contributed by atoms with van der Waals surface area (Å²) in [5, 5.41) is 17.8. The Balaban J connectivity index is 0.000000120. The van der Waals surface area contributed by atoms with Crippen molar-refractivity contribution in [1.29, 1.82) is 0 Å². The molecule has 24 nitrogen and oxygen atoms in total. The summed E-state index contributed by atoms with van der Waals surface area (Å²) in [6, 6.07) is 45.1. The minimum Gasteiger partial charge on any atom is -0.333 e. The standard InChI is InChI=1S/2C24H21F2N5O.C24H20F2N4OS.C23H20F2N6O/c25-16-11-9-15(10-12-16)21-22(31(14-28-21)17-5-1-2-6-17)23-27-13-20(29-23)24(32)30-19-8-4-3-7-18(19)26;25-17-7-5-15(6-8-17)22-23(31(14-29-22)18-3-1-2-4-18)21-11-16(12-28-21)24(32)30-20-9-10-27-13-19(20)26;25-16-11-9-15(10-12-16)21-22(30(14-28-21)17-5-1-2-6-17)24-27-13-20(32-24)23(31)29-19-8-4-3-7-18(19)26;24-15-11-9-14(10-12-15)19-20(31(13-26-19)16-5-1-2-6-16)21-28-22(30-29-21)23(32)27-18-8-4-3-7-17(18)25/h3-4,7-14,17H,1-2,5-6H2,(H,27,29)(H,30,32);5-10,12-14,18H,1-4,11H2,(H,27,30,32);3-4,7-14,17H,1-2,5-6H2,(H,29,31);3-4,7-13,16H,1-2,5-6H2,(H,27,32)(H,28,29,30). The van der Waals surface area contributed by atoms with Crippen LogP contribution in [0, 0.1) is 46.5 Å². The van der Waals surface area contributed by atoms with E-state index >= 15 is 0 Å². The molecule has 0 radical (unpaired) electrons. The highest BCUT2D eigenvalue weighted by Gasteiger charge is 2.33. The second-order valence-corrected chi connectivity index (χ2v) is 32.4. The zero-order valence-corrected chi connectivity index (χ0v) is 69.4. The molecule has 4 aliphatic carbocycles. The average Bonchev–Trinajstić information content (AvgIpc) is 1.64. The Bertz CT molecular complexity index is 6100. The fraction of sp³-hybridized carbons (Fsp3) is 0.221. The highest BCUT2D eigenvalue weighted by molar-refractivity contribution is 7.17. The number of nitrogens with one attached hydrogen (secondary N) is 6. The van der Waals surface area contributed by atoms with Gasteiger partial charge < -0.3 is 44.5 Å². The zero-order valence-electron chi connectivity index (χ0n) is 68.6. The van der Waals surface area contributed by atoms with Crippen molar-refractivity contribution in [1.82, 2.24) is 73.3 Å². The van der Waals surface area contributed by atoms with Crippen LogP contribution in [0.1, 0.15) is 170 Å². The van der Waals surface area contributed by atoms with Gasteiger partial charge in [0.2, 0.25) is 11.6 Å². The molecule has 7 aromatic carbocycles. The van der Waals surface area contributed by atoms with Crippen LogP contribution in [0.25, 0.3) is 78.8 Å². The van der Waals surface area contributed by atoms with E-state index in [1.54, 1.807) is 97.6 Å². The Labute approximate surface area is 731 Å². The van der Waals surface area contributed by atoms with Crippen molar-refractivity contribution in [2.75, 3.05) is 21.3 Å². The maximum absolute atomic E-state index is 13.9. The fourth-order valence-corrected chi connectivity index (χ4v) is 17.5. The molecule has 9 heterocycles. The Morgan fingerprint density at radius 2 is 0.773 bits per heavy atom. The largest absolute Gasteiger partial charge is 0.333 e. The number of anilines is 4. The number of aromatic amines is 2. The topological polar surface area (TPSA) is 296 Å². The van der Waals surface area contributed by atoms with E-state index in [-0.39, 0.29) is 69.6 Å². The van der Waals surface area contributed by atoms with E-state index in [1.165, 1.54) is 127 Å². The molecule has 5 aliphatic rings. The number of thiazole rings is 1. The van der Waals surface area contributed by atoms with Crippen molar-refractivity contribution in [3.8, 4) is 78.8 Å². The van der Waals surface area contributed by atoms with Crippen molar-refractivity contribution < 1.29 is 54.3 Å². The van der Waals surface area contributed by atoms with E-state index in [4.69, 9.17) is 0 Å². The van der Waals surface area contributed by atoms with Gasteiger partial charge in [-0.05, 0) is 191 Å². The smallest absolute Gasteiger partial charge is 0.293 e. The number of imidazole rings is 5. The van der Waals surface area contributed by atoms with Crippen LogP contribution in [0.5, 0.6) is 0 Å². The summed E-state index contributed by atoms with van der Waals surface area (Å²) in [4.78, 5) is 94.1. The zero-order chi connectivity index (χ0) is 88.3. The summed E-state index contributed by atoms with van der Waals surface area (Å²) in [6.45, 7) is 0. The predicted octanol–water partition coefficient (Wildman–Crippen LogP) is 21.9. The number of hydrogen-bond acceptors (Lipinski definition) is 15. The third kappa shape index (κ3) is 19.2. The van der Waals surface area contributed by atoms with Gasteiger partial charge in [-0.25, -0.2) is 70.0 Å². The molecule has 0 bridgehead atoms. The van der Waals surface area contributed by atoms with Crippen molar-refractivity contribution in [3.05, 3.63) is 306 Å². The number of H-pyrrole nitrogens is 2. The molecule has 15 aromatic rings. The second-order valence-electron chi connectivity index (χ2n) is 31.4. The summed E-state index contributed by atoms with van der Waals surface area (Å²) in [5.41, 5.74) is 10.5. The van der Waals surface area contributed by atoms with Crippen LogP contribution in [-0.4, -0.2) is 103 Å². The van der Waals surface area contributed by atoms with Gasteiger partial charge in [-0.2, -0.15) is 5.10 Å². The normalized spacial score (nSPS) is 14.6. The number of aromatic nitrogens is 15. The molecule has 1 aliphatic heterocycles. The molecule has 6 N–H and O–H groups in total. The lowest BCUT2D eigenvalue weighted by molar-refractivity contribution is -0.112. The van der Waals surface area contributed by atoms with Crippen molar-refractivity contribution in [3.63, 3.8) is 0 Å². The summed E-state index contributed by atoms with van der Waals surface area (Å²) in [5.74, 6) is -4.65. The van der Waals surface area contributed by atoms with E-state index in [2.05, 4.69) is 95.0 Å². The Morgan fingerprint density at radius 3 is 1.23 bits per heavy atom. The molecule has 33 heteroatoms. The second kappa shape index (κ2) is 38.8. The predicted molar refractivity (Wildman–Crippen MR) is 470 cm³/mol. The number of carbonyl (C=O) groups excluding carboxylic acids is 4. The monoisotopic (exact) mass is 1750 g/mol. The minimum absolute atomic E-state index is 0.0486. The van der Waals surface area contributed by atoms with Gasteiger partial charge in [0.15, 0.2) is 11.6 Å². The molecule has 8 aromatic heterocycles. The molecule has 0 unspecified atom stereocenters. The number of nitrogens with zero attached hydrogens (tertiary/aromatic N) is 14. The number of aliphatic imine (C=N–C) groups is 1. The van der Waals surface area contributed by atoms with Crippen LogP contribution < -0.4 is 21.3 Å². The Morgan fingerprint density at radius 1 is 0.383 bits per heavy atom. The number of rotatable bonds is 20. The first kappa shape index (κ1) is 85.4. The van der Waals surface area contributed by atoms with E-state index in [0.29, 0.717) is 79.8 Å². The maximum Gasteiger partial charge on any atom is 0.293 e. The fourth-order valence-electron chi connectivity index (χ4n) is 16.7. The molecule has 20 rings (SSSR count). The Hall–Kier alpha value is -14.8. The molecule has 4 amide bonds. The summed E-state index contributed by atoms with van der Waals surface area (Å²) < 4.78 is 118. The van der Waals surface area contributed by atoms with Gasteiger partial charge in [0, 0.05) is 70.8 Å². The van der Waals surface area contributed by atoms with E-state index in [9.17, 15) is 54.3 Å². The van der Waals surface area contributed by atoms with E-state index in [1.807, 2.05) is 17.2 Å². The molecule has 0 atom stereocenters. The lowest BCUT2D eigenvalue weighted by Gasteiger charge is -2.17. The molecule has 0 saturated heterocycles. The summed E-state index contributed by atoms with van der Waals surface area (Å²) in [7, 11) is 0. The van der Waals surface area contributed by atoms with Gasteiger partial charge in [-0.1, -0.05) is 87.8 Å². The van der Waals surface area contributed by atoms with Gasteiger partial charge in [-0.3, -0.25) is 34.3 Å². The van der Waals surface area contributed by atoms with Crippen LogP contribution in [-0.2, 0) is 4.79 Å². The SMILES string of the molecule is O=C(Nc1ccccc1F)c1cnc(-c2c(-c3ccc(F)cc3)ncn2C2CCCC2)[nH]1.O=C(Nc1ccccc1F)c1cnc(-c2c(-c3ccc(F)cc3)ncn2C2CCCC2)s1.O=C(Nc1ccccc1F)c1nc(-c2c(-c3ccc(F)cc3)ncn2C2CCCC2)n[nH]1.O=C(Nc1ccncc1F)C1=CN=C(c2c(-c3ccc(F)cc3)ncn2C2CCCC2)C1. The number of carbonyl (C=O) groups is 4. The quantitative estimate of drug-likeness (QED) is 0.0387.